The van der Waals surface area contributed by atoms with E-state index in [9.17, 15) is 0 Å². The molecule has 3 atom stereocenters. The van der Waals surface area contributed by atoms with Crippen LogP contribution in [0.5, 0.6) is 0 Å². The second-order valence-electron chi connectivity index (χ2n) is 8.37. The van der Waals surface area contributed by atoms with Crippen molar-refractivity contribution in [3.05, 3.63) is 107 Å². The molecular weight excluding hydrogens is 324 g/mol. The number of allylic oxidation sites excluding steroid dienone is 2. The lowest BCUT2D eigenvalue weighted by Gasteiger charge is -2.64. The first-order chi connectivity index (χ1) is 13.4. The van der Waals surface area contributed by atoms with Gasteiger partial charge in [-0.05, 0) is 58.1 Å². The van der Waals surface area contributed by atoms with Crippen molar-refractivity contribution in [1.82, 2.24) is 0 Å². The summed E-state index contributed by atoms with van der Waals surface area (Å²) >= 11 is 0. The molecule has 1 fully saturated rings. The van der Waals surface area contributed by atoms with Crippen LogP contribution in [0, 0.1) is 5.92 Å². The Kier molecular flexibility index (Phi) is 3.26. The Labute approximate surface area is 161 Å². The Morgan fingerprint density at radius 2 is 1.19 bits per heavy atom. The van der Waals surface area contributed by atoms with Crippen molar-refractivity contribution < 1.29 is 0 Å². The Bertz CT molecular complexity index is 1030. The first-order valence-corrected chi connectivity index (χ1v) is 10.4. The van der Waals surface area contributed by atoms with Gasteiger partial charge in [-0.1, -0.05) is 97.8 Å². The minimum atomic E-state index is 0.250. The average molecular weight is 348 g/mol. The zero-order valence-corrected chi connectivity index (χ0v) is 15.6. The Morgan fingerprint density at radius 3 is 1.93 bits per heavy atom. The molecular formula is C27H24. The smallest absolute Gasteiger partial charge is 0.0351 e. The van der Waals surface area contributed by atoms with E-state index in [0.29, 0.717) is 11.8 Å². The molecule has 3 unspecified atom stereocenters. The Hall–Kier alpha value is -2.60. The van der Waals surface area contributed by atoms with Crippen LogP contribution in [0.15, 0.2) is 84.9 Å². The van der Waals surface area contributed by atoms with Gasteiger partial charge in [0.25, 0.3) is 0 Å². The lowest BCUT2D eigenvalue weighted by atomic mass is 9.38. The fourth-order valence-corrected chi connectivity index (χ4v) is 6.41. The minimum absolute atomic E-state index is 0.250. The molecule has 3 aliphatic rings. The van der Waals surface area contributed by atoms with Gasteiger partial charge in [-0.3, -0.25) is 0 Å². The Morgan fingerprint density at radius 1 is 0.593 bits per heavy atom. The molecule has 0 nitrogen and oxygen atoms in total. The van der Waals surface area contributed by atoms with Gasteiger partial charge in [0.1, 0.15) is 0 Å². The second kappa shape index (κ2) is 5.70. The van der Waals surface area contributed by atoms with Crippen molar-refractivity contribution in [1.29, 1.82) is 0 Å². The van der Waals surface area contributed by atoms with Gasteiger partial charge in [0.15, 0.2) is 0 Å². The maximum absolute atomic E-state index is 2.41. The third kappa shape index (κ3) is 1.88. The normalized spacial score (nSPS) is 28.1. The van der Waals surface area contributed by atoms with E-state index in [1.54, 1.807) is 22.3 Å². The van der Waals surface area contributed by atoms with E-state index in [-0.39, 0.29) is 5.41 Å². The predicted molar refractivity (Wildman–Crippen MR) is 113 cm³/mol. The third-order valence-corrected chi connectivity index (χ3v) is 7.30. The van der Waals surface area contributed by atoms with E-state index in [4.69, 9.17) is 0 Å². The zero-order valence-electron chi connectivity index (χ0n) is 15.6. The van der Waals surface area contributed by atoms with Crippen LogP contribution in [0.3, 0.4) is 0 Å². The molecule has 3 aromatic rings. The van der Waals surface area contributed by atoms with Gasteiger partial charge in [-0.2, -0.15) is 0 Å². The van der Waals surface area contributed by atoms with Gasteiger partial charge >= 0.3 is 0 Å². The van der Waals surface area contributed by atoms with Crippen LogP contribution in [0.2, 0.25) is 0 Å². The summed E-state index contributed by atoms with van der Waals surface area (Å²) in [5, 5.41) is 0. The second-order valence-corrected chi connectivity index (χ2v) is 8.37. The van der Waals surface area contributed by atoms with Gasteiger partial charge in [-0.25, -0.2) is 0 Å². The summed E-state index contributed by atoms with van der Waals surface area (Å²) in [6, 6.07) is 31.6. The number of hydrogen-bond acceptors (Lipinski definition) is 0. The minimum Gasteiger partial charge on any atom is -0.0622 e. The highest BCUT2D eigenvalue weighted by atomic mass is 14.7. The zero-order chi connectivity index (χ0) is 17.8. The van der Waals surface area contributed by atoms with Gasteiger partial charge in [0.05, 0.1) is 0 Å². The van der Waals surface area contributed by atoms with E-state index in [2.05, 4.69) is 84.9 Å². The lowest BCUT2D eigenvalue weighted by Crippen LogP contribution is -2.55. The molecule has 3 aromatic carbocycles. The van der Waals surface area contributed by atoms with Gasteiger partial charge < -0.3 is 0 Å². The molecule has 1 spiro atoms. The maximum Gasteiger partial charge on any atom is 0.0351 e. The molecule has 0 saturated heterocycles. The fourth-order valence-electron chi connectivity index (χ4n) is 6.41. The lowest BCUT2D eigenvalue weighted by molar-refractivity contribution is 0.273. The van der Waals surface area contributed by atoms with Crippen molar-refractivity contribution in [2.24, 2.45) is 5.92 Å². The van der Waals surface area contributed by atoms with E-state index in [1.165, 1.54) is 36.8 Å². The van der Waals surface area contributed by atoms with Crippen molar-refractivity contribution in [3.63, 3.8) is 0 Å². The molecule has 0 aromatic heterocycles. The van der Waals surface area contributed by atoms with Gasteiger partial charge in [0.2, 0.25) is 0 Å². The Balaban J connectivity index is 1.66. The summed E-state index contributed by atoms with van der Waals surface area (Å²) in [6.45, 7) is 0. The standard InChI is InChI=1S/C27H24/c1-3-11-19(12-4-1)25-24-18-10-9-17-23-21-15-7-8-16-22(21)27(23,24)26(25)20-13-5-2-6-14-20/h1-8,11-16,23-24H,9-10,17-18H2. The summed E-state index contributed by atoms with van der Waals surface area (Å²) in [6.07, 6.45) is 5.38. The summed E-state index contributed by atoms with van der Waals surface area (Å²) in [5.74, 6) is 1.36. The van der Waals surface area contributed by atoms with Crippen LogP contribution in [-0.2, 0) is 5.41 Å². The molecule has 0 bridgehead atoms. The van der Waals surface area contributed by atoms with Crippen LogP contribution >= 0.6 is 0 Å². The van der Waals surface area contributed by atoms with Crippen molar-refractivity contribution in [3.8, 4) is 0 Å². The summed E-state index contributed by atoms with van der Waals surface area (Å²) in [7, 11) is 0. The third-order valence-electron chi connectivity index (χ3n) is 7.30. The predicted octanol–water partition coefficient (Wildman–Crippen LogP) is 6.84. The molecule has 0 amide bonds. The molecule has 0 aliphatic heterocycles. The number of rotatable bonds is 2. The molecule has 6 rings (SSSR count). The topological polar surface area (TPSA) is 0 Å². The van der Waals surface area contributed by atoms with E-state index >= 15 is 0 Å². The highest BCUT2D eigenvalue weighted by Gasteiger charge is 2.65. The number of fused-ring (bicyclic) bond motifs is 2. The molecule has 27 heavy (non-hydrogen) atoms. The van der Waals surface area contributed by atoms with E-state index in [1.807, 2.05) is 0 Å². The highest BCUT2D eigenvalue weighted by molar-refractivity contribution is 6.07. The van der Waals surface area contributed by atoms with E-state index < -0.39 is 0 Å². The largest absolute Gasteiger partial charge is 0.0622 e. The van der Waals surface area contributed by atoms with Crippen LogP contribution in [0.1, 0.15) is 53.9 Å². The molecule has 0 radical (unpaired) electrons. The monoisotopic (exact) mass is 348 g/mol. The van der Waals surface area contributed by atoms with Crippen LogP contribution < -0.4 is 0 Å². The van der Waals surface area contributed by atoms with Crippen molar-refractivity contribution in [2.45, 2.75) is 37.0 Å². The quantitative estimate of drug-likeness (QED) is 0.476. The van der Waals surface area contributed by atoms with Crippen molar-refractivity contribution >= 4 is 11.1 Å². The maximum atomic E-state index is 2.41. The average Bonchev–Trinajstić information content (AvgIpc) is 2.84. The van der Waals surface area contributed by atoms with E-state index in [0.717, 1.165) is 0 Å². The van der Waals surface area contributed by atoms with Crippen LogP contribution in [0.4, 0.5) is 0 Å². The SMILES string of the molecule is c1ccc(C2=C(c3ccccc3)C34c5ccccc5C3CCCCC24)cc1. The molecule has 1 saturated carbocycles. The molecule has 0 N–H and O–H groups in total. The summed E-state index contributed by atoms with van der Waals surface area (Å²) in [5.41, 5.74) is 9.56. The highest BCUT2D eigenvalue weighted by Crippen LogP contribution is 2.75. The van der Waals surface area contributed by atoms with Gasteiger partial charge in [0, 0.05) is 5.41 Å². The molecule has 3 aliphatic carbocycles. The van der Waals surface area contributed by atoms with Gasteiger partial charge in [-0.15, -0.1) is 0 Å². The summed E-state index contributed by atoms with van der Waals surface area (Å²) in [4.78, 5) is 0. The molecule has 0 heteroatoms. The number of benzene rings is 3. The first-order valence-electron chi connectivity index (χ1n) is 10.4. The van der Waals surface area contributed by atoms with Crippen molar-refractivity contribution in [2.75, 3.05) is 0 Å². The van der Waals surface area contributed by atoms with Crippen LogP contribution in [-0.4, -0.2) is 0 Å². The number of hydrogen-bond donors (Lipinski definition) is 0. The molecule has 0 heterocycles. The molecule has 132 valence electrons. The first kappa shape index (κ1) is 15.5. The fraction of sp³-hybridized carbons (Fsp3) is 0.259. The summed E-state index contributed by atoms with van der Waals surface area (Å²) < 4.78 is 0. The van der Waals surface area contributed by atoms with Crippen LogP contribution in [0.25, 0.3) is 11.1 Å².